The van der Waals surface area contributed by atoms with E-state index in [0.717, 1.165) is 25.9 Å². The molecule has 2 aromatic rings. The molecule has 0 bridgehead atoms. The maximum Gasteiger partial charge on any atom is 0.293 e. The molecule has 1 heterocycles. The Kier molecular flexibility index (Phi) is 5.59. The first-order valence-electron chi connectivity index (χ1n) is 8.96. The van der Waals surface area contributed by atoms with E-state index in [2.05, 4.69) is 12.2 Å². The topological polar surface area (TPSA) is 84.7 Å². The lowest BCUT2D eigenvalue weighted by atomic mass is 9.99. The number of hydrogen-bond acceptors (Lipinski definition) is 5. The molecule has 3 rings (SSSR count). The molecule has 1 atom stereocenters. The Labute approximate surface area is 158 Å². The number of carbonyl (C=O) groups is 1. The molecule has 0 unspecified atom stereocenters. The van der Waals surface area contributed by atoms with Crippen molar-refractivity contribution in [1.29, 1.82) is 0 Å². The van der Waals surface area contributed by atoms with Gasteiger partial charge in [0.05, 0.1) is 12.0 Å². The molecule has 0 saturated carbocycles. The van der Waals surface area contributed by atoms with Crippen molar-refractivity contribution in [3.05, 3.63) is 58.1 Å². The second-order valence-corrected chi connectivity index (χ2v) is 6.84. The first-order chi connectivity index (χ1) is 13.0. The first-order valence-corrected chi connectivity index (χ1v) is 8.96. The van der Waals surface area contributed by atoms with Gasteiger partial charge in [-0.2, -0.15) is 0 Å². The maximum absolute atomic E-state index is 12.5. The predicted octanol–water partition coefficient (Wildman–Crippen LogP) is 4.09. The summed E-state index contributed by atoms with van der Waals surface area (Å²) < 4.78 is 5.14. The number of benzene rings is 2. The predicted molar refractivity (Wildman–Crippen MR) is 105 cm³/mol. The summed E-state index contributed by atoms with van der Waals surface area (Å²) in [6.07, 6.45) is 2.14. The number of carbonyl (C=O) groups excluding carboxylic acids is 1. The summed E-state index contributed by atoms with van der Waals surface area (Å²) in [6, 6.07) is 11.6. The van der Waals surface area contributed by atoms with E-state index in [9.17, 15) is 14.9 Å². The van der Waals surface area contributed by atoms with Crippen LogP contribution < -0.4 is 15.0 Å². The van der Waals surface area contributed by atoms with Crippen LogP contribution in [0.15, 0.2) is 42.5 Å². The molecule has 1 saturated heterocycles. The summed E-state index contributed by atoms with van der Waals surface area (Å²) in [5.41, 5.74) is 1.35. The van der Waals surface area contributed by atoms with Crippen LogP contribution in [0.5, 0.6) is 5.75 Å². The summed E-state index contributed by atoms with van der Waals surface area (Å²) in [5.74, 6) is 0.715. The third kappa shape index (κ3) is 4.36. The lowest BCUT2D eigenvalue weighted by molar-refractivity contribution is -0.384. The van der Waals surface area contributed by atoms with Crippen LogP contribution in [-0.4, -0.2) is 31.0 Å². The van der Waals surface area contributed by atoms with E-state index in [1.807, 2.05) is 4.90 Å². The molecule has 142 valence electrons. The Morgan fingerprint density at radius 1 is 1.30 bits per heavy atom. The fourth-order valence-corrected chi connectivity index (χ4v) is 3.39. The average molecular weight is 369 g/mol. The number of hydrogen-bond donors (Lipinski definition) is 1. The van der Waals surface area contributed by atoms with Crippen molar-refractivity contribution in [2.24, 2.45) is 5.92 Å². The summed E-state index contributed by atoms with van der Waals surface area (Å²) >= 11 is 0. The van der Waals surface area contributed by atoms with Gasteiger partial charge in [-0.25, -0.2) is 0 Å². The number of nitro benzene ring substituents is 1. The van der Waals surface area contributed by atoms with Crippen molar-refractivity contribution in [2.75, 3.05) is 30.4 Å². The van der Waals surface area contributed by atoms with Gasteiger partial charge in [0.2, 0.25) is 0 Å². The summed E-state index contributed by atoms with van der Waals surface area (Å²) in [4.78, 5) is 25.8. The van der Waals surface area contributed by atoms with Gasteiger partial charge in [0.25, 0.3) is 11.6 Å². The van der Waals surface area contributed by atoms with Crippen molar-refractivity contribution in [1.82, 2.24) is 0 Å². The molecule has 1 amide bonds. The normalized spacial score (nSPS) is 16.7. The molecule has 1 aliphatic rings. The second-order valence-electron chi connectivity index (χ2n) is 6.84. The standard InChI is InChI=1S/C20H23N3O4/c1-14-5-4-10-22(13-14)18-9-8-15(11-19(18)23(25)26)20(24)21-16-6-3-7-17(12-16)27-2/h3,6-9,11-12,14H,4-5,10,13H2,1-2H3,(H,21,24)/t14-/m0/s1. The molecule has 0 aromatic heterocycles. The van der Waals surface area contributed by atoms with E-state index in [0.29, 0.717) is 23.0 Å². The number of anilines is 2. The Morgan fingerprint density at radius 3 is 2.81 bits per heavy atom. The number of piperidine rings is 1. The molecule has 0 radical (unpaired) electrons. The van der Waals surface area contributed by atoms with Crippen LogP contribution in [0.4, 0.5) is 17.1 Å². The second kappa shape index (κ2) is 8.07. The molecule has 2 aromatic carbocycles. The highest BCUT2D eigenvalue weighted by molar-refractivity contribution is 6.05. The molecular weight excluding hydrogens is 346 g/mol. The number of nitro groups is 1. The fraction of sp³-hybridized carbons (Fsp3) is 0.350. The smallest absolute Gasteiger partial charge is 0.293 e. The van der Waals surface area contributed by atoms with E-state index in [4.69, 9.17) is 4.74 Å². The minimum atomic E-state index is -0.420. The van der Waals surface area contributed by atoms with Crippen molar-refractivity contribution in [3.8, 4) is 5.75 Å². The van der Waals surface area contributed by atoms with Crippen LogP contribution in [0.2, 0.25) is 0 Å². The number of nitrogens with one attached hydrogen (secondary N) is 1. The van der Waals surface area contributed by atoms with Gasteiger partial charge in [-0.15, -0.1) is 0 Å². The van der Waals surface area contributed by atoms with Gasteiger partial charge < -0.3 is 15.0 Å². The molecule has 1 fully saturated rings. The summed E-state index contributed by atoms with van der Waals surface area (Å²) in [7, 11) is 1.55. The number of nitrogens with zero attached hydrogens (tertiary/aromatic N) is 2. The molecule has 1 aliphatic heterocycles. The Morgan fingerprint density at radius 2 is 2.11 bits per heavy atom. The molecule has 7 heteroatoms. The highest BCUT2D eigenvalue weighted by Crippen LogP contribution is 2.32. The molecule has 0 spiro atoms. The number of rotatable bonds is 5. The lowest BCUT2D eigenvalue weighted by Crippen LogP contribution is -2.34. The van der Waals surface area contributed by atoms with Crippen LogP contribution in [0.25, 0.3) is 0 Å². The SMILES string of the molecule is COc1cccc(NC(=O)c2ccc(N3CCC[C@H](C)C3)c([N+](=O)[O-])c2)c1. The maximum atomic E-state index is 12.5. The average Bonchev–Trinajstić information content (AvgIpc) is 2.67. The van der Waals surface area contributed by atoms with E-state index >= 15 is 0 Å². The third-order valence-electron chi connectivity index (χ3n) is 4.76. The number of ether oxygens (including phenoxy) is 1. The molecule has 27 heavy (non-hydrogen) atoms. The van der Waals surface area contributed by atoms with Crippen LogP contribution in [-0.2, 0) is 0 Å². The Balaban J connectivity index is 1.84. The van der Waals surface area contributed by atoms with Crippen molar-refractivity contribution in [3.63, 3.8) is 0 Å². The quantitative estimate of drug-likeness (QED) is 0.634. The first kappa shape index (κ1) is 18.7. The van der Waals surface area contributed by atoms with Crippen molar-refractivity contribution < 1.29 is 14.5 Å². The molecule has 0 aliphatic carbocycles. The fourth-order valence-electron chi connectivity index (χ4n) is 3.39. The summed E-state index contributed by atoms with van der Waals surface area (Å²) in [6.45, 7) is 3.73. The van der Waals surface area contributed by atoms with Crippen LogP contribution in [0.1, 0.15) is 30.1 Å². The highest BCUT2D eigenvalue weighted by atomic mass is 16.6. The van der Waals surface area contributed by atoms with Crippen molar-refractivity contribution >= 4 is 23.0 Å². The van der Waals surface area contributed by atoms with Gasteiger partial charge in [0.15, 0.2) is 0 Å². The monoisotopic (exact) mass is 369 g/mol. The van der Waals surface area contributed by atoms with Gasteiger partial charge >= 0.3 is 0 Å². The van der Waals surface area contributed by atoms with Crippen LogP contribution in [0, 0.1) is 16.0 Å². The van der Waals surface area contributed by atoms with Crippen LogP contribution in [0.3, 0.4) is 0 Å². The largest absolute Gasteiger partial charge is 0.497 e. The third-order valence-corrected chi connectivity index (χ3v) is 4.76. The minimum absolute atomic E-state index is 0.0395. The van der Waals surface area contributed by atoms with Gasteiger partial charge in [-0.3, -0.25) is 14.9 Å². The minimum Gasteiger partial charge on any atom is -0.497 e. The Bertz CT molecular complexity index is 853. The lowest BCUT2D eigenvalue weighted by Gasteiger charge is -2.32. The zero-order valence-corrected chi connectivity index (χ0v) is 15.5. The highest BCUT2D eigenvalue weighted by Gasteiger charge is 2.25. The van der Waals surface area contributed by atoms with E-state index < -0.39 is 10.8 Å². The Hall–Kier alpha value is -3.09. The van der Waals surface area contributed by atoms with Gasteiger partial charge in [-0.05, 0) is 43.0 Å². The van der Waals surface area contributed by atoms with Gasteiger partial charge in [0.1, 0.15) is 11.4 Å². The van der Waals surface area contributed by atoms with E-state index in [-0.39, 0.29) is 11.3 Å². The van der Waals surface area contributed by atoms with Gasteiger partial charge in [0, 0.05) is 36.5 Å². The van der Waals surface area contributed by atoms with Crippen LogP contribution >= 0.6 is 0 Å². The van der Waals surface area contributed by atoms with E-state index in [1.165, 1.54) is 6.07 Å². The molecule has 1 N–H and O–H groups in total. The summed E-state index contributed by atoms with van der Waals surface area (Å²) in [5, 5.41) is 14.3. The zero-order chi connectivity index (χ0) is 19.4. The zero-order valence-electron chi connectivity index (χ0n) is 15.5. The number of amides is 1. The molecular formula is C20H23N3O4. The van der Waals surface area contributed by atoms with Crippen molar-refractivity contribution in [2.45, 2.75) is 19.8 Å². The van der Waals surface area contributed by atoms with Gasteiger partial charge in [-0.1, -0.05) is 13.0 Å². The molecule has 7 nitrogen and oxygen atoms in total. The van der Waals surface area contributed by atoms with E-state index in [1.54, 1.807) is 43.5 Å². The number of methoxy groups -OCH3 is 1.